The van der Waals surface area contributed by atoms with Crippen LogP contribution < -0.4 is 4.90 Å². The van der Waals surface area contributed by atoms with Crippen molar-refractivity contribution in [3.05, 3.63) is 35.2 Å². The summed E-state index contributed by atoms with van der Waals surface area (Å²) in [7, 11) is 0. The van der Waals surface area contributed by atoms with Crippen LogP contribution in [0.4, 0.5) is 5.69 Å². The van der Waals surface area contributed by atoms with E-state index in [1.165, 1.54) is 16.8 Å². The highest BCUT2D eigenvalue weighted by Gasteiger charge is 2.30. The van der Waals surface area contributed by atoms with Crippen molar-refractivity contribution in [1.29, 1.82) is 0 Å². The molecule has 2 aromatic rings. The van der Waals surface area contributed by atoms with Crippen LogP contribution in [0.25, 0.3) is 0 Å². The van der Waals surface area contributed by atoms with E-state index in [4.69, 9.17) is 0 Å². The summed E-state index contributed by atoms with van der Waals surface area (Å²) >= 11 is 0. The molecule has 1 saturated heterocycles. The molecule has 1 aliphatic rings. The van der Waals surface area contributed by atoms with Crippen molar-refractivity contribution in [3.63, 3.8) is 0 Å². The van der Waals surface area contributed by atoms with Gasteiger partial charge in [-0.1, -0.05) is 26.0 Å². The number of tetrazole rings is 1. The first-order valence-electron chi connectivity index (χ1n) is 10.2. The van der Waals surface area contributed by atoms with Crippen LogP contribution >= 0.6 is 0 Å². The molecule has 0 radical (unpaired) electrons. The van der Waals surface area contributed by atoms with Gasteiger partial charge in [0.25, 0.3) is 0 Å². The van der Waals surface area contributed by atoms with Gasteiger partial charge in [0.2, 0.25) is 0 Å². The number of anilines is 1. The lowest BCUT2D eigenvalue weighted by Crippen LogP contribution is -2.48. The molecule has 1 aromatic carbocycles. The summed E-state index contributed by atoms with van der Waals surface area (Å²) in [4.78, 5) is 5.10. The van der Waals surface area contributed by atoms with Crippen molar-refractivity contribution in [2.24, 2.45) is 5.92 Å². The highest BCUT2D eigenvalue weighted by Crippen LogP contribution is 2.30. The third kappa shape index (κ3) is 4.32. The average molecular weight is 371 g/mol. The van der Waals surface area contributed by atoms with Crippen LogP contribution in [0.3, 0.4) is 0 Å². The van der Waals surface area contributed by atoms with Crippen molar-refractivity contribution in [3.8, 4) is 0 Å². The second-order valence-corrected chi connectivity index (χ2v) is 8.46. The molecule has 6 heteroatoms. The lowest BCUT2D eigenvalue weighted by molar-refractivity contribution is 0.151. The Balaban J connectivity index is 1.76. The SMILES string of the molecule is Cc1cccc(N2CCN([C@H](CC(C)C)c3nnnn3C(C)C)CC2)c1C. The Labute approximate surface area is 163 Å². The zero-order valence-electron chi connectivity index (χ0n) is 17.7. The molecule has 1 atom stereocenters. The van der Waals surface area contributed by atoms with E-state index >= 15 is 0 Å². The first-order valence-corrected chi connectivity index (χ1v) is 10.2. The molecular formula is C21H34N6. The van der Waals surface area contributed by atoms with E-state index < -0.39 is 0 Å². The largest absolute Gasteiger partial charge is 0.369 e. The first kappa shape index (κ1) is 19.8. The molecule has 0 N–H and O–H groups in total. The molecule has 0 aliphatic carbocycles. The zero-order valence-corrected chi connectivity index (χ0v) is 17.7. The Morgan fingerprint density at radius 1 is 1.00 bits per heavy atom. The van der Waals surface area contributed by atoms with Gasteiger partial charge in [-0.15, -0.1) is 5.10 Å². The average Bonchev–Trinajstić information content (AvgIpc) is 3.12. The molecule has 148 valence electrons. The van der Waals surface area contributed by atoms with Gasteiger partial charge < -0.3 is 4.90 Å². The summed E-state index contributed by atoms with van der Waals surface area (Å²) in [6.07, 6.45) is 1.08. The van der Waals surface area contributed by atoms with Crippen molar-refractivity contribution in [2.45, 2.75) is 60.0 Å². The number of rotatable bonds is 6. The fraction of sp³-hybridized carbons (Fsp3) is 0.667. The molecule has 27 heavy (non-hydrogen) atoms. The van der Waals surface area contributed by atoms with Gasteiger partial charge in [-0.05, 0) is 67.7 Å². The summed E-state index contributed by atoms with van der Waals surface area (Å²) in [5.74, 6) is 1.61. The van der Waals surface area contributed by atoms with Gasteiger partial charge in [-0.3, -0.25) is 4.90 Å². The molecule has 3 rings (SSSR count). The second kappa shape index (κ2) is 8.38. The van der Waals surface area contributed by atoms with Gasteiger partial charge in [0.05, 0.1) is 12.1 Å². The summed E-state index contributed by atoms with van der Waals surface area (Å²) in [5.41, 5.74) is 4.14. The number of aryl methyl sites for hydroxylation is 1. The number of benzene rings is 1. The first-order chi connectivity index (χ1) is 12.9. The number of nitrogens with zero attached hydrogens (tertiary/aromatic N) is 6. The van der Waals surface area contributed by atoms with Gasteiger partial charge >= 0.3 is 0 Å². The Bertz CT molecular complexity index is 743. The highest BCUT2D eigenvalue weighted by molar-refractivity contribution is 5.56. The number of hydrogen-bond acceptors (Lipinski definition) is 5. The molecule has 1 aliphatic heterocycles. The predicted octanol–water partition coefficient (Wildman–Crippen LogP) is 3.78. The minimum Gasteiger partial charge on any atom is -0.369 e. The predicted molar refractivity (Wildman–Crippen MR) is 110 cm³/mol. The maximum atomic E-state index is 4.42. The quantitative estimate of drug-likeness (QED) is 0.774. The maximum absolute atomic E-state index is 4.42. The Hall–Kier alpha value is -1.95. The Morgan fingerprint density at radius 3 is 2.33 bits per heavy atom. The Kier molecular flexibility index (Phi) is 6.15. The number of hydrogen-bond donors (Lipinski definition) is 0. The lowest BCUT2D eigenvalue weighted by Gasteiger charge is -2.41. The van der Waals surface area contributed by atoms with Crippen LogP contribution in [0, 0.1) is 19.8 Å². The van der Waals surface area contributed by atoms with E-state index in [-0.39, 0.29) is 12.1 Å². The highest BCUT2D eigenvalue weighted by atomic mass is 15.6. The fourth-order valence-electron chi connectivity index (χ4n) is 4.00. The fourth-order valence-corrected chi connectivity index (χ4v) is 4.00. The maximum Gasteiger partial charge on any atom is 0.168 e. The van der Waals surface area contributed by atoms with Crippen molar-refractivity contribution >= 4 is 5.69 Å². The third-order valence-electron chi connectivity index (χ3n) is 5.67. The van der Waals surface area contributed by atoms with Gasteiger partial charge in [-0.25, -0.2) is 4.68 Å². The van der Waals surface area contributed by atoms with E-state index in [9.17, 15) is 0 Å². The molecule has 0 spiro atoms. The summed E-state index contributed by atoms with van der Waals surface area (Å²) < 4.78 is 1.99. The van der Waals surface area contributed by atoms with Crippen molar-refractivity contribution < 1.29 is 0 Å². The molecular weight excluding hydrogens is 336 g/mol. The summed E-state index contributed by atoms with van der Waals surface area (Å²) in [5, 5.41) is 12.6. The van der Waals surface area contributed by atoms with E-state index in [1.807, 2.05) is 4.68 Å². The van der Waals surface area contributed by atoms with E-state index in [2.05, 4.69) is 85.1 Å². The molecule has 1 aromatic heterocycles. The van der Waals surface area contributed by atoms with Gasteiger partial charge in [0.15, 0.2) is 5.82 Å². The smallest absolute Gasteiger partial charge is 0.168 e. The van der Waals surface area contributed by atoms with Crippen LogP contribution in [0.2, 0.25) is 0 Å². The van der Waals surface area contributed by atoms with Gasteiger partial charge in [-0.2, -0.15) is 0 Å². The molecule has 0 amide bonds. The monoisotopic (exact) mass is 370 g/mol. The Morgan fingerprint density at radius 2 is 1.70 bits per heavy atom. The van der Waals surface area contributed by atoms with Crippen molar-refractivity contribution in [1.82, 2.24) is 25.1 Å². The molecule has 0 unspecified atom stereocenters. The van der Waals surface area contributed by atoms with Gasteiger partial charge in [0.1, 0.15) is 0 Å². The normalized spacial score (nSPS) is 17.1. The number of piperazine rings is 1. The van der Waals surface area contributed by atoms with E-state index in [0.29, 0.717) is 5.92 Å². The molecule has 0 bridgehead atoms. The van der Waals surface area contributed by atoms with Crippen LogP contribution in [-0.4, -0.2) is 51.3 Å². The van der Waals surface area contributed by atoms with Crippen molar-refractivity contribution in [2.75, 3.05) is 31.1 Å². The zero-order chi connectivity index (χ0) is 19.6. The van der Waals surface area contributed by atoms with E-state index in [0.717, 1.165) is 38.4 Å². The lowest BCUT2D eigenvalue weighted by atomic mass is 10.00. The molecule has 6 nitrogen and oxygen atoms in total. The van der Waals surface area contributed by atoms with Crippen LogP contribution in [-0.2, 0) is 0 Å². The molecule has 0 saturated carbocycles. The third-order valence-corrected chi connectivity index (χ3v) is 5.67. The minimum absolute atomic E-state index is 0.279. The van der Waals surface area contributed by atoms with E-state index in [1.54, 1.807) is 0 Å². The number of aromatic nitrogens is 4. The molecule has 1 fully saturated rings. The second-order valence-electron chi connectivity index (χ2n) is 8.46. The van der Waals surface area contributed by atoms with Crippen LogP contribution in [0.5, 0.6) is 0 Å². The van der Waals surface area contributed by atoms with Crippen LogP contribution in [0.15, 0.2) is 18.2 Å². The minimum atomic E-state index is 0.279. The van der Waals surface area contributed by atoms with Gasteiger partial charge in [0, 0.05) is 31.9 Å². The standard InChI is InChI=1S/C21H34N6/c1-15(2)14-20(21-22-23-24-27(21)16(3)4)26-12-10-25(11-13-26)19-9-7-8-17(5)18(19)6/h7-9,15-16,20H,10-14H2,1-6H3/t20-/m1/s1. The molecule has 2 heterocycles. The van der Waals surface area contributed by atoms with Crippen LogP contribution in [0.1, 0.15) is 63.2 Å². The topological polar surface area (TPSA) is 50.1 Å². The summed E-state index contributed by atoms with van der Waals surface area (Å²) in [6, 6.07) is 7.18. The summed E-state index contributed by atoms with van der Waals surface area (Å²) in [6.45, 7) is 17.4.